The highest BCUT2D eigenvalue weighted by molar-refractivity contribution is 7.19. The Kier molecular flexibility index (Phi) is 7.75. The normalized spacial score (nSPS) is 11.4. The Hall–Kier alpha value is -3.47. The maximum absolute atomic E-state index is 3.22. The van der Waals surface area contributed by atoms with Gasteiger partial charge in [0.05, 0.1) is 5.16 Å². The molecule has 5 rings (SSSR count). The number of unbranched alkanes of at least 4 members (excludes halogenated alkanes) is 1. The van der Waals surface area contributed by atoms with Gasteiger partial charge in [0.1, 0.15) is 0 Å². The summed E-state index contributed by atoms with van der Waals surface area (Å²) in [7, 11) is 3.22. The van der Waals surface area contributed by atoms with Gasteiger partial charge in [0.2, 0.25) is 0 Å². The summed E-state index contributed by atoms with van der Waals surface area (Å²) in [5, 5.41) is -0.348. The molecule has 0 nitrogen and oxygen atoms in total. The van der Waals surface area contributed by atoms with Crippen LogP contribution in [-0.2, 0) is 18.0 Å². The van der Waals surface area contributed by atoms with Gasteiger partial charge in [0.15, 0.2) is 0 Å². The van der Waals surface area contributed by atoms with Crippen molar-refractivity contribution in [3.63, 3.8) is 0 Å². The van der Waals surface area contributed by atoms with Crippen molar-refractivity contribution in [1.29, 1.82) is 0 Å². The van der Waals surface area contributed by atoms with E-state index in [0.29, 0.717) is 0 Å². The first-order chi connectivity index (χ1) is 17.7. The van der Waals surface area contributed by atoms with Crippen molar-refractivity contribution in [1.82, 2.24) is 0 Å². The molecule has 0 radical (unpaired) electrons. The van der Waals surface area contributed by atoms with Crippen molar-refractivity contribution in [3.05, 3.63) is 167 Å². The molecular formula is C35H33P. The Morgan fingerprint density at radius 1 is 0.472 bits per heavy atom. The number of aryl methyl sites for hydroxylation is 2. The molecule has 0 N–H and O–H groups in total. The van der Waals surface area contributed by atoms with E-state index in [1.54, 1.807) is 0 Å². The zero-order chi connectivity index (χ0) is 24.6. The molecule has 5 aromatic rings. The van der Waals surface area contributed by atoms with E-state index in [0.717, 1.165) is 12.8 Å². The third kappa shape index (κ3) is 5.35. The summed E-state index contributed by atoms with van der Waals surface area (Å²) in [5.41, 5.74) is 9.25. The second-order valence-electron chi connectivity index (χ2n) is 9.48. The minimum Gasteiger partial charge on any atom is -0.117 e. The Morgan fingerprint density at radius 3 is 1.50 bits per heavy atom. The van der Waals surface area contributed by atoms with E-state index in [9.17, 15) is 0 Å². The van der Waals surface area contributed by atoms with Crippen molar-refractivity contribution < 1.29 is 0 Å². The Bertz CT molecular complexity index is 1320. The average Bonchev–Trinajstić information content (AvgIpc) is 2.97. The highest BCUT2D eigenvalue weighted by Crippen LogP contribution is 2.48. The fraction of sp³-hybridized carbons (Fsp3) is 0.143. The Balaban J connectivity index is 1.52. The highest BCUT2D eigenvalue weighted by atomic mass is 31.0. The molecule has 36 heavy (non-hydrogen) atoms. The van der Waals surface area contributed by atoms with Crippen molar-refractivity contribution >= 4 is 9.24 Å². The first-order valence-corrected chi connectivity index (χ1v) is 13.5. The predicted octanol–water partition coefficient (Wildman–Crippen LogP) is 9.09. The zero-order valence-corrected chi connectivity index (χ0v) is 21.8. The van der Waals surface area contributed by atoms with Crippen molar-refractivity contribution in [2.75, 3.05) is 0 Å². The van der Waals surface area contributed by atoms with Gasteiger partial charge in [-0.15, -0.1) is 9.24 Å². The molecule has 0 spiro atoms. The Morgan fingerprint density at radius 2 is 0.944 bits per heavy atom. The third-order valence-corrected chi connectivity index (χ3v) is 8.05. The summed E-state index contributed by atoms with van der Waals surface area (Å²) >= 11 is 0. The van der Waals surface area contributed by atoms with Crippen LogP contribution in [0.25, 0.3) is 11.1 Å². The molecule has 1 unspecified atom stereocenters. The maximum Gasteiger partial charge on any atom is 0.0597 e. The average molecular weight is 485 g/mol. The number of rotatable bonds is 9. The Labute approximate surface area is 218 Å². The first kappa shape index (κ1) is 24.2. The standard InChI is InChI=1S/C35H33P/c36-35(31-21-9-3-10-22-31,32-23-11-4-12-24-32)34-26-25-29(27-33(34)30-19-7-2-8-20-30)18-14-13-17-28-15-5-1-6-16-28/h1-12,15-16,19-27H,13-14,17-18,36H2. The summed E-state index contributed by atoms with van der Waals surface area (Å²) in [5.74, 6) is 0. The molecule has 1 atom stereocenters. The highest BCUT2D eigenvalue weighted by Gasteiger charge is 2.33. The molecule has 0 aromatic heterocycles. The second kappa shape index (κ2) is 11.5. The summed E-state index contributed by atoms with van der Waals surface area (Å²) in [4.78, 5) is 0. The van der Waals surface area contributed by atoms with E-state index in [1.165, 1.54) is 51.8 Å². The second-order valence-corrected chi connectivity index (χ2v) is 10.3. The molecule has 0 saturated carbocycles. The third-order valence-electron chi connectivity index (χ3n) is 7.08. The van der Waals surface area contributed by atoms with Gasteiger partial charge in [-0.3, -0.25) is 0 Å². The molecule has 0 amide bonds. The summed E-state index contributed by atoms with van der Waals surface area (Å²) in [6, 6.07) is 50.5. The SMILES string of the molecule is PC(c1ccccc1)(c1ccccc1)c1ccc(CCCCc2ccccc2)cc1-c1ccccc1. The fourth-order valence-corrected chi connectivity index (χ4v) is 5.77. The summed E-state index contributed by atoms with van der Waals surface area (Å²) in [6.45, 7) is 0. The van der Waals surface area contributed by atoms with Gasteiger partial charge in [0, 0.05) is 0 Å². The molecule has 0 saturated heterocycles. The predicted molar refractivity (Wildman–Crippen MR) is 157 cm³/mol. The largest absolute Gasteiger partial charge is 0.117 e. The topological polar surface area (TPSA) is 0 Å². The fourth-order valence-electron chi connectivity index (χ4n) is 5.13. The molecule has 1 heteroatoms. The van der Waals surface area contributed by atoms with Crippen LogP contribution in [0.15, 0.2) is 140 Å². The van der Waals surface area contributed by atoms with Gasteiger partial charge in [-0.25, -0.2) is 0 Å². The molecule has 0 aliphatic rings. The van der Waals surface area contributed by atoms with E-state index in [4.69, 9.17) is 0 Å². The quantitative estimate of drug-likeness (QED) is 0.111. The van der Waals surface area contributed by atoms with Crippen molar-refractivity contribution in [2.45, 2.75) is 30.8 Å². The number of hydrogen-bond donors (Lipinski definition) is 0. The molecule has 0 bridgehead atoms. The van der Waals surface area contributed by atoms with Crippen LogP contribution in [0, 0.1) is 0 Å². The van der Waals surface area contributed by atoms with E-state index >= 15 is 0 Å². The van der Waals surface area contributed by atoms with E-state index < -0.39 is 0 Å². The number of benzene rings is 5. The van der Waals surface area contributed by atoms with Crippen LogP contribution in [0.2, 0.25) is 0 Å². The van der Waals surface area contributed by atoms with E-state index in [2.05, 4.69) is 149 Å². The van der Waals surface area contributed by atoms with Gasteiger partial charge in [0.25, 0.3) is 0 Å². The van der Waals surface area contributed by atoms with Crippen LogP contribution >= 0.6 is 9.24 Å². The van der Waals surface area contributed by atoms with E-state index in [-0.39, 0.29) is 5.16 Å². The van der Waals surface area contributed by atoms with Gasteiger partial charge in [-0.1, -0.05) is 140 Å². The molecule has 0 heterocycles. The lowest BCUT2D eigenvalue weighted by atomic mass is 9.79. The number of hydrogen-bond acceptors (Lipinski definition) is 0. The first-order valence-electron chi connectivity index (χ1n) is 12.9. The van der Waals surface area contributed by atoms with Crippen molar-refractivity contribution in [3.8, 4) is 11.1 Å². The molecule has 178 valence electrons. The van der Waals surface area contributed by atoms with Crippen LogP contribution in [0.5, 0.6) is 0 Å². The van der Waals surface area contributed by atoms with Gasteiger partial charge in [-0.05, 0) is 64.6 Å². The lowest BCUT2D eigenvalue weighted by molar-refractivity contribution is 0.734. The van der Waals surface area contributed by atoms with Crippen LogP contribution in [0.3, 0.4) is 0 Å². The minimum atomic E-state index is -0.348. The van der Waals surface area contributed by atoms with E-state index in [1.807, 2.05) is 0 Å². The minimum absolute atomic E-state index is 0.348. The van der Waals surface area contributed by atoms with Gasteiger partial charge >= 0.3 is 0 Å². The van der Waals surface area contributed by atoms with Crippen LogP contribution in [0.4, 0.5) is 0 Å². The lowest BCUT2D eigenvalue weighted by Crippen LogP contribution is -2.22. The monoisotopic (exact) mass is 484 g/mol. The van der Waals surface area contributed by atoms with Gasteiger partial charge in [-0.2, -0.15) is 0 Å². The lowest BCUT2D eigenvalue weighted by Gasteiger charge is -2.34. The smallest absolute Gasteiger partial charge is 0.0597 e. The molecule has 0 fully saturated rings. The molecule has 5 aromatic carbocycles. The molecular weight excluding hydrogens is 451 g/mol. The van der Waals surface area contributed by atoms with Crippen LogP contribution in [0.1, 0.15) is 40.7 Å². The summed E-state index contributed by atoms with van der Waals surface area (Å²) < 4.78 is 0. The van der Waals surface area contributed by atoms with Crippen LogP contribution < -0.4 is 0 Å². The molecule has 0 aliphatic carbocycles. The summed E-state index contributed by atoms with van der Waals surface area (Å²) in [6.07, 6.45) is 4.62. The maximum atomic E-state index is 3.22. The zero-order valence-electron chi connectivity index (χ0n) is 20.7. The van der Waals surface area contributed by atoms with Crippen molar-refractivity contribution in [2.24, 2.45) is 0 Å². The van der Waals surface area contributed by atoms with Gasteiger partial charge < -0.3 is 0 Å². The van der Waals surface area contributed by atoms with Crippen LogP contribution in [-0.4, -0.2) is 0 Å². The molecule has 0 aliphatic heterocycles.